The number of nitriles is 1. The van der Waals surface area contributed by atoms with E-state index >= 15 is 0 Å². The second kappa shape index (κ2) is 7.52. The molecule has 0 saturated heterocycles. The van der Waals surface area contributed by atoms with Gasteiger partial charge in [-0.05, 0) is 18.8 Å². The van der Waals surface area contributed by atoms with Crippen LogP contribution in [0.2, 0.25) is 0 Å². The fourth-order valence-electron chi connectivity index (χ4n) is 0.945. The van der Waals surface area contributed by atoms with E-state index in [4.69, 9.17) is 15.1 Å². The zero-order chi connectivity index (χ0) is 8.53. The molecule has 0 radical (unpaired) electrons. The predicted molar refractivity (Wildman–Crippen MR) is 41.9 cm³/mol. The summed E-state index contributed by atoms with van der Waals surface area (Å²) in [4.78, 5) is 0. The summed E-state index contributed by atoms with van der Waals surface area (Å²) in [5, 5.41) is 17.0. The Hall–Kier alpha value is -0.590. The first-order chi connectivity index (χ1) is 5.35. The average Bonchev–Trinajstić information content (AvgIpc) is 2.01. The zero-order valence-corrected chi connectivity index (χ0v) is 6.92. The van der Waals surface area contributed by atoms with Crippen LogP contribution in [0.1, 0.15) is 19.3 Å². The Kier molecular flexibility index (Phi) is 7.11. The molecule has 1 atom stereocenters. The fraction of sp³-hybridized carbons (Fsp3) is 0.875. The second-order valence-corrected chi connectivity index (χ2v) is 2.52. The summed E-state index contributed by atoms with van der Waals surface area (Å²) >= 11 is 0. The normalized spacial score (nSPS) is 12.5. The van der Waals surface area contributed by atoms with Crippen molar-refractivity contribution in [2.45, 2.75) is 19.3 Å². The van der Waals surface area contributed by atoms with Crippen molar-refractivity contribution >= 4 is 0 Å². The molecule has 0 bridgehead atoms. The van der Waals surface area contributed by atoms with E-state index in [9.17, 15) is 0 Å². The largest absolute Gasteiger partial charge is 0.396 e. The third-order valence-corrected chi connectivity index (χ3v) is 1.65. The second-order valence-electron chi connectivity index (χ2n) is 2.52. The van der Waals surface area contributed by atoms with Crippen LogP contribution < -0.4 is 0 Å². The summed E-state index contributed by atoms with van der Waals surface area (Å²) < 4.78 is 4.87. The van der Waals surface area contributed by atoms with E-state index in [1.54, 1.807) is 7.11 Å². The Bertz CT molecular complexity index is 120. The minimum atomic E-state index is 0.163. The summed E-state index contributed by atoms with van der Waals surface area (Å²) in [6, 6.07) is 2.09. The maximum atomic E-state index is 8.61. The van der Waals surface area contributed by atoms with Gasteiger partial charge in [0.2, 0.25) is 0 Å². The Balaban J connectivity index is 3.44. The molecule has 0 saturated carbocycles. The molecule has 0 aliphatic carbocycles. The molecule has 0 amide bonds. The molecule has 64 valence electrons. The highest BCUT2D eigenvalue weighted by atomic mass is 16.5. The van der Waals surface area contributed by atoms with E-state index in [-0.39, 0.29) is 6.61 Å². The van der Waals surface area contributed by atoms with Gasteiger partial charge in [-0.25, -0.2) is 0 Å². The lowest BCUT2D eigenvalue weighted by molar-refractivity contribution is 0.166. The van der Waals surface area contributed by atoms with Crippen molar-refractivity contribution < 1.29 is 9.84 Å². The van der Waals surface area contributed by atoms with Gasteiger partial charge in [0.05, 0.1) is 6.07 Å². The quantitative estimate of drug-likeness (QED) is 0.624. The van der Waals surface area contributed by atoms with Gasteiger partial charge in [0, 0.05) is 26.7 Å². The third kappa shape index (κ3) is 5.84. The van der Waals surface area contributed by atoms with Crippen molar-refractivity contribution in [3.05, 3.63) is 0 Å². The standard InChI is InChI=1S/C8H15NO2/c1-11-7-4-8(2-5-9)3-6-10/h8,10H,2-4,6-7H2,1H3. The Morgan fingerprint density at radius 2 is 2.27 bits per heavy atom. The molecule has 1 unspecified atom stereocenters. The molecule has 11 heavy (non-hydrogen) atoms. The van der Waals surface area contributed by atoms with Crippen molar-refractivity contribution in [3.63, 3.8) is 0 Å². The molecular weight excluding hydrogens is 142 g/mol. The number of hydrogen-bond donors (Lipinski definition) is 1. The van der Waals surface area contributed by atoms with Gasteiger partial charge in [0.25, 0.3) is 0 Å². The van der Waals surface area contributed by atoms with Gasteiger partial charge >= 0.3 is 0 Å². The summed E-state index contributed by atoms with van der Waals surface area (Å²) in [6.45, 7) is 0.836. The zero-order valence-electron chi connectivity index (χ0n) is 6.92. The fourth-order valence-corrected chi connectivity index (χ4v) is 0.945. The molecule has 0 fully saturated rings. The molecule has 0 aliphatic heterocycles. The summed E-state index contributed by atoms with van der Waals surface area (Å²) in [7, 11) is 1.64. The van der Waals surface area contributed by atoms with Crippen molar-refractivity contribution in [1.82, 2.24) is 0 Å². The van der Waals surface area contributed by atoms with Gasteiger partial charge in [-0.2, -0.15) is 5.26 Å². The maximum absolute atomic E-state index is 8.61. The van der Waals surface area contributed by atoms with Crippen molar-refractivity contribution in [1.29, 1.82) is 5.26 Å². The summed E-state index contributed by atoms with van der Waals surface area (Å²) in [5.41, 5.74) is 0. The molecule has 3 heteroatoms. The van der Waals surface area contributed by atoms with Crippen LogP contribution in [-0.4, -0.2) is 25.4 Å². The lowest BCUT2D eigenvalue weighted by Gasteiger charge is -2.09. The number of nitrogens with zero attached hydrogens (tertiary/aromatic N) is 1. The molecule has 1 N–H and O–H groups in total. The van der Waals surface area contributed by atoms with E-state index in [1.807, 2.05) is 0 Å². The Labute approximate surface area is 67.6 Å². The van der Waals surface area contributed by atoms with Crippen molar-refractivity contribution in [3.8, 4) is 6.07 Å². The molecule has 0 aromatic heterocycles. The highest BCUT2D eigenvalue weighted by Gasteiger charge is 2.06. The van der Waals surface area contributed by atoms with E-state index in [0.717, 1.165) is 6.42 Å². The van der Waals surface area contributed by atoms with Crippen molar-refractivity contribution in [2.75, 3.05) is 20.3 Å². The first-order valence-corrected chi connectivity index (χ1v) is 3.82. The highest BCUT2D eigenvalue weighted by Crippen LogP contribution is 2.11. The van der Waals surface area contributed by atoms with Gasteiger partial charge in [0.15, 0.2) is 0 Å². The number of aliphatic hydroxyl groups excluding tert-OH is 1. The molecule has 0 aromatic rings. The summed E-state index contributed by atoms with van der Waals surface area (Å²) in [5.74, 6) is 0.296. The van der Waals surface area contributed by atoms with Crippen molar-refractivity contribution in [2.24, 2.45) is 5.92 Å². The van der Waals surface area contributed by atoms with E-state index in [2.05, 4.69) is 6.07 Å². The minimum Gasteiger partial charge on any atom is -0.396 e. The van der Waals surface area contributed by atoms with Crippen LogP contribution in [0.25, 0.3) is 0 Å². The van der Waals surface area contributed by atoms with Crippen LogP contribution in [0.3, 0.4) is 0 Å². The van der Waals surface area contributed by atoms with Gasteiger partial charge < -0.3 is 9.84 Å². The van der Waals surface area contributed by atoms with E-state index in [1.165, 1.54) is 0 Å². The highest BCUT2D eigenvalue weighted by molar-refractivity contribution is 4.75. The van der Waals surface area contributed by atoms with Gasteiger partial charge in [-0.3, -0.25) is 0 Å². The molecular formula is C8H15NO2. The Morgan fingerprint density at radius 3 is 2.73 bits per heavy atom. The number of ether oxygens (including phenoxy) is 1. The van der Waals surface area contributed by atoms with Crippen LogP contribution in [0, 0.1) is 17.2 Å². The van der Waals surface area contributed by atoms with Crippen LogP contribution in [-0.2, 0) is 4.74 Å². The first-order valence-electron chi connectivity index (χ1n) is 3.82. The van der Waals surface area contributed by atoms with E-state index < -0.39 is 0 Å². The first kappa shape index (κ1) is 10.4. The monoisotopic (exact) mass is 157 g/mol. The topological polar surface area (TPSA) is 53.2 Å². The lowest BCUT2D eigenvalue weighted by atomic mass is 9.99. The predicted octanol–water partition coefficient (Wildman–Crippen LogP) is 0.935. The van der Waals surface area contributed by atoms with Crippen LogP contribution in [0.15, 0.2) is 0 Å². The Morgan fingerprint density at radius 1 is 1.55 bits per heavy atom. The number of rotatable bonds is 6. The molecule has 0 spiro atoms. The molecule has 3 nitrogen and oxygen atoms in total. The number of methoxy groups -OCH3 is 1. The van der Waals surface area contributed by atoms with Crippen LogP contribution in [0.4, 0.5) is 0 Å². The van der Waals surface area contributed by atoms with Gasteiger partial charge in [-0.1, -0.05) is 0 Å². The molecule has 0 aromatic carbocycles. The van der Waals surface area contributed by atoms with Gasteiger partial charge in [-0.15, -0.1) is 0 Å². The SMILES string of the molecule is COCCC(CC#N)CCO. The number of hydrogen-bond acceptors (Lipinski definition) is 3. The molecule has 0 aliphatic rings. The third-order valence-electron chi connectivity index (χ3n) is 1.65. The van der Waals surface area contributed by atoms with Gasteiger partial charge in [0.1, 0.15) is 0 Å². The summed E-state index contributed by atoms with van der Waals surface area (Å²) in [6.07, 6.45) is 2.09. The average molecular weight is 157 g/mol. The van der Waals surface area contributed by atoms with E-state index in [0.29, 0.717) is 25.4 Å². The maximum Gasteiger partial charge on any atom is 0.0624 e. The number of aliphatic hydroxyl groups is 1. The molecule has 0 heterocycles. The van der Waals surface area contributed by atoms with Crippen LogP contribution >= 0.6 is 0 Å². The smallest absolute Gasteiger partial charge is 0.0624 e. The molecule has 0 rings (SSSR count). The lowest BCUT2D eigenvalue weighted by Crippen LogP contribution is -2.05. The van der Waals surface area contributed by atoms with Crippen LogP contribution in [0.5, 0.6) is 0 Å². The minimum absolute atomic E-state index is 0.163.